The first-order chi connectivity index (χ1) is 11.6. The second-order valence-corrected chi connectivity index (χ2v) is 6.66. The van der Waals surface area contributed by atoms with Crippen molar-refractivity contribution < 1.29 is 4.79 Å². The molecule has 3 rings (SSSR count). The van der Waals surface area contributed by atoms with Gasteiger partial charge >= 0.3 is 0 Å². The fourth-order valence-electron chi connectivity index (χ4n) is 2.90. The second kappa shape index (κ2) is 7.16. The predicted octanol–water partition coefficient (Wildman–Crippen LogP) is -0.413. The van der Waals surface area contributed by atoms with Crippen molar-refractivity contribution in [3.05, 3.63) is 5.82 Å². The molecular formula is C13H21N9OS. The third-order valence-corrected chi connectivity index (χ3v) is 5.11. The van der Waals surface area contributed by atoms with Crippen molar-refractivity contribution in [3.8, 4) is 0 Å². The van der Waals surface area contributed by atoms with Gasteiger partial charge in [0.2, 0.25) is 11.9 Å². The van der Waals surface area contributed by atoms with Gasteiger partial charge in [-0.3, -0.25) is 4.79 Å². The first kappa shape index (κ1) is 16.7. The molecule has 1 saturated heterocycles. The Morgan fingerprint density at radius 2 is 2.04 bits per heavy atom. The lowest BCUT2D eigenvalue weighted by Crippen LogP contribution is -2.41. The van der Waals surface area contributed by atoms with Crippen molar-refractivity contribution in [1.82, 2.24) is 39.9 Å². The number of piperidine rings is 1. The van der Waals surface area contributed by atoms with Crippen molar-refractivity contribution in [2.75, 3.05) is 25.1 Å². The first-order valence-corrected chi connectivity index (χ1v) is 9.02. The molecule has 2 aromatic rings. The number of amides is 1. The average Bonchev–Trinajstić information content (AvgIpc) is 3.14. The number of nitrogen functional groups attached to an aromatic ring is 1. The van der Waals surface area contributed by atoms with Crippen LogP contribution in [0.3, 0.4) is 0 Å². The quantitative estimate of drug-likeness (QED) is 0.722. The minimum absolute atomic E-state index is 0.00391. The molecule has 2 N–H and O–H groups in total. The zero-order chi connectivity index (χ0) is 17.1. The summed E-state index contributed by atoms with van der Waals surface area (Å²) in [4.78, 5) is 14.2. The van der Waals surface area contributed by atoms with Gasteiger partial charge in [-0.1, -0.05) is 16.9 Å². The van der Waals surface area contributed by atoms with Gasteiger partial charge in [0.05, 0.1) is 0 Å². The molecule has 0 bridgehead atoms. The highest BCUT2D eigenvalue weighted by atomic mass is 32.2. The van der Waals surface area contributed by atoms with Crippen LogP contribution in [-0.4, -0.2) is 65.1 Å². The second-order valence-electron chi connectivity index (χ2n) is 5.88. The fraction of sp³-hybridized carbons (Fsp3) is 0.692. The number of hydrogen-bond acceptors (Lipinski definition) is 8. The molecule has 0 saturated carbocycles. The van der Waals surface area contributed by atoms with Gasteiger partial charge in [0.25, 0.3) is 0 Å². The van der Waals surface area contributed by atoms with Gasteiger partial charge in [-0.25, -0.2) is 4.68 Å². The summed E-state index contributed by atoms with van der Waals surface area (Å²) in [5, 5.41) is 20.1. The van der Waals surface area contributed by atoms with E-state index in [1.54, 1.807) is 11.8 Å². The van der Waals surface area contributed by atoms with E-state index in [0.717, 1.165) is 43.3 Å². The highest BCUT2D eigenvalue weighted by molar-refractivity contribution is 7.98. The van der Waals surface area contributed by atoms with Crippen molar-refractivity contribution in [1.29, 1.82) is 0 Å². The molecule has 1 amide bonds. The monoisotopic (exact) mass is 351 g/mol. The number of aromatic nitrogens is 7. The lowest BCUT2D eigenvalue weighted by atomic mass is 9.93. The summed E-state index contributed by atoms with van der Waals surface area (Å²) < 4.78 is 3.36. The number of hydrogen-bond donors (Lipinski definition) is 1. The zero-order valence-electron chi connectivity index (χ0n) is 13.8. The van der Waals surface area contributed by atoms with E-state index < -0.39 is 0 Å². The van der Waals surface area contributed by atoms with Crippen LogP contribution in [0.5, 0.6) is 0 Å². The molecule has 0 aromatic carbocycles. The van der Waals surface area contributed by atoms with Crippen LogP contribution in [0.2, 0.25) is 0 Å². The van der Waals surface area contributed by atoms with E-state index in [0.29, 0.717) is 5.92 Å². The van der Waals surface area contributed by atoms with Crippen LogP contribution in [0.25, 0.3) is 0 Å². The molecule has 1 fully saturated rings. The van der Waals surface area contributed by atoms with Crippen LogP contribution in [0, 0.1) is 5.92 Å². The van der Waals surface area contributed by atoms with E-state index in [2.05, 4.69) is 25.7 Å². The molecule has 0 radical (unpaired) electrons. The van der Waals surface area contributed by atoms with Crippen molar-refractivity contribution in [3.63, 3.8) is 0 Å². The Labute approximate surface area is 143 Å². The molecule has 3 heterocycles. The van der Waals surface area contributed by atoms with Crippen LogP contribution in [-0.2, 0) is 24.8 Å². The van der Waals surface area contributed by atoms with Crippen molar-refractivity contribution >= 4 is 23.6 Å². The van der Waals surface area contributed by atoms with E-state index in [1.165, 1.54) is 4.68 Å². The number of anilines is 1. The van der Waals surface area contributed by atoms with Gasteiger partial charge in [0, 0.05) is 26.6 Å². The summed E-state index contributed by atoms with van der Waals surface area (Å²) in [5.74, 6) is 1.68. The third-order valence-electron chi connectivity index (χ3n) is 4.39. The zero-order valence-corrected chi connectivity index (χ0v) is 14.6. The predicted molar refractivity (Wildman–Crippen MR) is 88.0 cm³/mol. The maximum Gasteiger partial charge on any atom is 0.244 e. The average molecular weight is 351 g/mol. The minimum Gasteiger partial charge on any atom is -0.367 e. The van der Waals surface area contributed by atoms with E-state index in [-0.39, 0.29) is 18.4 Å². The Bertz CT molecular complexity index is 704. The van der Waals surface area contributed by atoms with Gasteiger partial charge in [0.15, 0.2) is 5.16 Å². The van der Waals surface area contributed by atoms with E-state index in [1.807, 2.05) is 22.8 Å². The normalized spacial score (nSPS) is 15.8. The third kappa shape index (κ3) is 3.50. The maximum absolute atomic E-state index is 12.3. The molecule has 0 atom stereocenters. The van der Waals surface area contributed by atoms with Gasteiger partial charge in [0.1, 0.15) is 12.4 Å². The number of nitrogens with two attached hydrogens (primary N) is 1. The topological polar surface area (TPSA) is 121 Å². The van der Waals surface area contributed by atoms with Crippen LogP contribution in [0.1, 0.15) is 18.7 Å². The van der Waals surface area contributed by atoms with Gasteiger partial charge in [-0.2, -0.15) is 0 Å². The number of nitrogens with zero attached hydrogens (tertiary/aromatic N) is 8. The van der Waals surface area contributed by atoms with Crippen molar-refractivity contribution in [2.24, 2.45) is 13.0 Å². The highest BCUT2D eigenvalue weighted by Crippen LogP contribution is 2.22. The SMILES string of the molecule is CSc1nnc(CC2CCN(C(=O)Cn3nnnc3N)CC2)n1C. The lowest BCUT2D eigenvalue weighted by Gasteiger charge is -2.31. The Kier molecular flexibility index (Phi) is 4.97. The molecule has 1 aliphatic rings. The minimum atomic E-state index is -0.00391. The Balaban J connectivity index is 1.51. The van der Waals surface area contributed by atoms with E-state index in [4.69, 9.17) is 5.73 Å². The molecule has 11 heteroatoms. The summed E-state index contributed by atoms with van der Waals surface area (Å²) in [7, 11) is 2.00. The molecule has 10 nitrogen and oxygen atoms in total. The number of rotatable bonds is 5. The smallest absolute Gasteiger partial charge is 0.244 e. The number of carbonyl (C=O) groups is 1. The van der Waals surface area contributed by atoms with Crippen LogP contribution < -0.4 is 5.73 Å². The molecule has 1 aliphatic heterocycles. The Hall–Kier alpha value is -2.17. The number of thioether (sulfide) groups is 1. The molecule has 0 spiro atoms. The lowest BCUT2D eigenvalue weighted by molar-refractivity contribution is -0.133. The first-order valence-electron chi connectivity index (χ1n) is 7.80. The Morgan fingerprint density at radius 1 is 1.29 bits per heavy atom. The van der Waals surface area contributed by atoms with Gasteiger partial charge < -0.3 is 15.2 Å². The van der Waals surface area contributed by atoms with Crippen LogP contribution in [0.4, 0.5) is 5.95 Å². The molecule has 0 unspecified atom stereocenters. The summed E-state index contributed by atoms with van der Waals surface area (Å²) in [6.45, 7) is 1.56. The van der Waals surface area contributed by atoms with Crippen molar-refractivity contribution in [2.45, 2.75) is 31.0 Å². The highest BCUT2D eigenvalue weighted by Gasteiger charge is 2.25. The van der Waals surface area contributed by atoms with Crippen LogP contribution in [0.15, 0.2) is 5.16 Å². The number of likely N-dealkylation sites (tertiary alicyclic amines) is 1. The molecule has 0 aliphatic carbocycles. The standard InChI is InChI=1S/C13H21N9OS/c1-20-10(15-17-13(20)24-2)7-9-3-5-21(6-4-9)11(23)8-22-12(14)16-18-19-22/h9H,3-8H2,1-2H3,(H2,14,16,19). The number of carbonyl (C=O) groups excluding carboxylic acids is 1. The summed E-state index contributed by atoms with van der Waals surface area (Å²) >= 11 is 1.59. The summed E-state index contributed by atoms with van der Waals surface area (Å²) in [5.41, 5.74) is 5.59. The van der Waals surface area contributed by atoms with Crippen LogP contribution >= 0.6 is 11.8 Å². The maximum atomic E-state index is 12.3. The van der Waals surface area contributed by atoms with Gasteiger partial charge in [-0.05, 0) is 35.4 Å². The molecule has 2 aromatic heterocycles. The molecular weight excluding hydrogens is 330 g/mol. The van der Waals surface area contributed by atoms with Gasteiger partial charge in [-0.15, -0.1) is 10.2 Å². The fourth-order valence-corrected chi connectivity index (χ4v) is 3.40. The number of tetrazole rings is 1. The summed E-state index contributed by atoms with van der Waals surface area (Å²) in [6.07, 6.45) is 4.80. The molecule has 24 heavy (non-hydrogen) atoms. The summed E-state index contributed by atoms with van der Waals surface area (Å²) in [6, 6.07) is 0. The van der Waals surface area contributed by atoms with E-state index >= 15 is 0 Å². The molecule has 130 valence electrons. The van der Waals surface area contributed by atoms with E-state index in [9.17, 15) is 4.79 Å². The largest absolute Gasteiger partial charge is 0.367 e. The Morgan fingerprint density at radius 3 is 2.62 bits per heavy atom.